The minimum absolute atomic E-state index is 0.216. The Bertz CT molecular complexity index is 1640. The van der Waals surface area contributed by atoms with Crippen molar-refractivity contribution in [3.63, 3.8) is 0 Å². The molecule has 1 aliphatic heterocycles. The molecular formula is C35H31NO9S. The molecule has 1 aliphatic rings. The summed E-state index contributed by atoms with van der Waals surface area (Å²) >= 11 is 1.15. The van der Waals surface area contributed by atoms with E-state index in [2.05, 4.69) is 5.32 Å². The molecule has 0 radical (unpaired) electrons. The van der Waals surface area contributed by atoms with E-state index in [9.17, 15) is 24.3 Å². The fraction of sp³-hybridized carbons (Fsp3) is 0.200. The summed E-state index contributed by atoms with van der Waals surface area (Å²) in [6.07, 6.45) is -5.23. The number of benzene rings is 4. The molecule has 0 aliphatic carbocycles. The Morgan fingerprint density at radius 1 is 0.652 bits per heavy atom. The maximum atomic E-state index is 13.5. The third-order valence-corrected chi connectivity index (χ3v) is 8.11. The summed E-state index contributed by atoms with van der Waals surface area (Å²) in [5.41, 5.74) is 0.219. The van der Waals surface area contributed by atoms with Gasteiger partial charge in [0.25, 0.3) is 0 Å². The number of carbonyl (C=O) groups is 4. The Labute approximate surface area is 269 Å². The van der Waals surface area contributed by atoms with Gasteiger partial charge < -0.3 is 29.4 Å². The number of thioether (sulfide) groups is 1. The number of aliphatic hydroxyl groups excluding tert-OH is 1. The average Bonchev–Trinajstić information content (AvgIpc) is 3.08. The van der Waals surface area contributed by atoms with Gasteiger partial charge in [0.2, 0.25) is 5.91 Å². The third kappa shape index (κ3) is 8.19. The van der Waals surface area contributed by atoms with Crippen LogP contribution in [-0.4, -0.2) is 65.4 Å². The molecule has 1 saturated heterocycles. The van der Waals surface area contributed by atoms with Crippen LogP contribution in [0.2, 0.25) is 0 Å². The molecule has 0 saturated carbocycles. The van der Waals surface area contributed by atoms with Crippen LogP contribution in [0.3, 0.4) is 0 Å². The quantitative estimate of drug-likeness (QED) is 0.177. The highest BCUT2D eigenvalue weighted by Crippen LogP contribution is 2.38. The molecule has 2 N–H and O–H groups in total. The van der Waals surface area contributed by atoms with Gasteiger partial charge in [-0.2, -0.15) is 0 Å². The second-order valence-electron chi connectivity index (χ2n) is 10.3. The topological polar surface area (TPSA) is 137 Å². The SMILES string of the molecule is CC(=O)Nc1ccc(S[C@@H]2O[C@H](CO)[C@H](OC(=O)c3ccccc3)[C@H](OC(=O)c3ccccc3)[C@H]2OC(=O)c2ccccc2)cc1. The van der Waals surface area contributed by atoms with Crippen LogP contribution in [0.5, 0.6) is 0 Å². The second-order valence-corrected chi connectivity index (χ2v) is 11.4. The number of ether oxygens (including phenoxy) is 4. The first-order chi connectivity index (χ1) is 22.3. The standard InChI is InChI=1S/C35H31NO9S/c1-22(38)36-26-17-19-27(20-18-26)46-35-31(45-34(41)25-15-9-4-10-16-25)30(44-33(40)24-13-7-3-8-14-24)29(28(21-37)42-35)43-32(39)23-11-5-2-6-12-23/h2-20,28-31,35,37H,21H2,1H3,(H,36,38)/t28-,29+,30+,31-,35+/m1/s1. The lowest BCUT2D eigenvalue weighted by Gasteiger charge is -2.44. The molecule has 4 aromatic rings. The van der Waals surface area contributed by atoms with Crippen molar-refractivity contribution in [2.24, 2.45) is 0 Å². The fourth-order valence-electron chi connectivity index (χ4n) is 4.77. The average molecular weight is 642 g/mol. The van der Waals surface area contributed by atoms with Crippen molar-refractivity contribution in [3.8, 4) is 0 Å². The van der Waals surface area contributed by atoms with Gasteiger partial charge in [-0.3, -0.25) is 4.79 Å². The Kier molecular flexibility index (Phi) is 10.8. The van der Waals surface area contributed by atoms with Crippen molar-refractivity contribution in [2.45, 2.75) is 41.7 Å². The second kappa shape index (κ2) is 15.3. The van der Waals surface area contributed by atoms with E-state index < -0.39 is 54.4 Å². The molecule has 11 heteroatoms. The van der Waals surface area contributed by atoms with Crippen molar-refractivity contribution in [2.75, 3.05) is 11.9 Å². The molecule has 1 amide bonds. The van der Waals surface area contributed by atoms with Gasteiger partial charge in [0.1, 0.15) is 11.5 Å². The first-order valence-corrected chi connectivity index (χ1v) is 15.3. The lowest BCUT2D eigenvalue weighted by Crippen LogP contribution is -2.61. The van der Waals surface area contributed by atoms with Gasteiger partial charge in [-0.25, -0.2) is 14.4 Å². The predicted octanol–water partition coefficient (Wildman–Crippen LogP) is 5.13. The summed E-state index contributed by atoms with van der Waals surface area (Å²) in [5.74, 6) is -2.46. The molecule has 236 valence electrons. The van der Waals surface area contributed by atoms with Gasteiger partial charge in [-0.1, -0.05) is 66.4 Å². The molecule has 0 unspecified atom stereocenters. The van der Waals surface area contributed by atoms with Crippen LogP contribution < -0.4 is 5.32 Å². The molecule has 5 atom stereocenters. The summed E-state index contributed by atoms with van der Waals surface area (Å²) in [4.78, 5) is 52.3. The van der Waals surface area contributed by atoms with Crippen LogP contribution in [0.25, 0.3) is 0 Å². The Hall–Kier alpha value is -4.97. The van der Waals surface area contributed by atoms with E-state index in [0.717, 1.165) is 11.8 Å². The number of hydrogen-bond donors (Lipinski definition) is 2. The van der Waals surface area contributed by atoms with E-state index >= 15 is 0 Å². The number of anilines is 1. The van der Waals surface area contributed by atoms with Crippen LogP contribution in [-0.2, 0) is 23.7 Å². The van der Waals surface area contributed by atoms with Gasteiger partial charge in [0.15, 0.2) is 18.3 Å². The first-order valence-electron chi connectivity index (χ1n) is 14.4. The molecule has 1 fully saturated rings. The summed E-state index contributed by atoms with van der Waals surface area (Å²) < 4.78 is 24.1. The summed E-state index contributed by atoms with van der Waals surface area (Å²) in [6, 6.07) is 31.5. The van der Waals surface area contributed by atoms with E-state index in [1.165, 1.54) is 6.92 Å². The Balaban J connectivity index is 1.53. The third-order valence-electron chi connectivity index (χ3n) is 6.96. The summed E-state index contributed by atoms with van der Waals surface area (Å²) in [5, 5.41) is 13.1. The van der Waals surface area contributed by atoms with Crippen LogP contribution >= 0.6 is 11.8 Å². The highest BCUT2D eigenvalue weighted by Gasteiger charge is 2.52. The lowest BCUT2D eigenvalue weighted by molar-refractivity contribution is -0.207. The number of rotatable bonds is 10. The van der Waals surface area contributed by atoms with Crippen molar-refractivity contribution in [1.82, 2.24) is 0 Å². The van der Waals surface area contributed by atoms with Crippen molar-refractivity contribution in [1.29, 1.82) is 0 Å². The maximum Gasteiger partial charge on any atom is 0.338 e. The largest absolute Gasteiger partial charge is 0.452 e. The zero-order chi connectivity index (χ0) is 32.5. The van der Waals surface area contributed by atoms with Crippen molar-refractivity contribution >= 4 is 41.3 Å². The summed E-state index contributed by atoms with van der Waals surface area (Å²) in [7, 11) is 0. The number of hydrogen-bond acceptors (Lipinski definition) is 10. The van der Waals surface area contributed by atoms with Crippen LogP contribution in [0.15, 0.2) is 120 Å². The normalized spacial score (nSPS) is 20.6. The number of esters is 3. The zero-order valence-electron chi connectivity index (χ0n) is 24.7. The first kappa shape index (κ1) is 32.4. The predicted molar refractivity (Wildman–Crippen MR) is 169 cm³/mol. The van der Waals surface area contributed by atoms with E-state index in [4.69, 9.17) is 18.9 Å². The summed E-state index contributed by atoms with van der Waals surface area (Å²) in [6.45, 7) is 0.793. The number of amides is 1. The fourth-order valence-corrected chi connectivity index (χ4v) is 5.88. The maximum absolute atomic E-state index is 13.5. The Morgan fingerprint density at radius 2 is 1.09 bits per heavy atom. The van der Waals surface area contributed by atoms with Gasteiger partial charge in [0, 0.05) is 17.5 Å². The van der Waals surface area contributed by atoms with Crippen LogP contribution in [0.1, 0.15) is 38.0 Å². The lowest BCUT2D eigenvalue weighted by atomic mass is 9.98. The molecule has 1 heterocycles. The van der Waals surface area contributed by atoms with Crippen molar-refractivity contribution in [3.05, 3.63) is 132 Å². The number of aliphatic hydroxyl groups is 1. The minimum Gasteiger partial charge on any atom is -0.452 e. The molecule has 0 bridgehead atoms. The smallest absolute Gasteiger partial charge is 0.338 e. The highest BCUT2D eigenvalue weighted by molar-refractivity contribution is 7.99. The zero-order valence-corrected chi connectivity index (χ0v) is 25.5. The molecule has 46 heavy (non-hydrogen) atoms. The molecule has 4 aromatic carbocycles. The van der Waals surface area contributed by atoms with Gasteiger partial charge in [-0.15, -0.1) is 0 Å². The highest BCUT2D eigenvalue weighted by atomic mass is 32.2. The molecule has 0 aromatic heterocycles. The molecular weight excluding hydrogens is 610 g/mol. The number of nitrogens with one attached hydrogen (secondary N) is 1. The van der Waals surface area contributed by atoms with Crippen molar-refractivity contribution < 1.29 is 43.2 Å². The van der Waals surface area contributed by atoms with E-state index in [1.807, 2.05) is 0 Å². The minimum atomic E-state index is -1.39. The van der Waals surface area contributed by atoms with Crippen LogP contribution in [0.4, 0.5) is 5.69 Å². The van der Waals surface area contributed by atoms with Gasteiger partial charge in [0.05, 0.1) is 23.3 Å². The molecule has 10 nitrogen and oxygen atoms in total. The number of carbonyl (C=O) groups excluding carboxylic acids is 4. The molecule has 5 rings (SSSR count). The van der Waals surface area contributed by atoms with E-state index in [0.29, 0.717) is 10.6 Å². The Morgan fingerprint density at radius 3 is 1.52 bits per heavy atom. The molecule has 0 spiro atoms. The van der Waals surface area contributed by atoms with Gasteiger partial charge in [-0.05, 0) is 60.7 Å². The van der Waals surface area contributed by atoms with E-state index in [1.54, 1.807) is 115 Å². The van der Waals surface area contributed by atoms with Gasteiger partial charge >= 0.3 is 17.9 Å². The van der Waals surface area contributed by atoms with E-state index in [-0.39, 0.29) is 22.6 Å². The monoisotopic (exact) mass is 641 g/mol. The van der Waals surface area contributed by atoms with Crippen LogP contribution in [0, 0.1) is 0 Å².